The topological polar surface area (TPSA) is 26.0 Å². The first-order chi connectivity index (χ1) is 7.55. The number of nitrogens with two attached hydrogens (primary N) is 1. The first-order valence-corrected chi connectivity index (χ1v) is 6.45. The smallest absolute Gasteiger partial charge is 0.0453 e. The summed E-state index contributed by atoms with van der Waals surface area (Å²) >= 11 is 12.1. The van der Waals surface area contributed by atoms with Crippen LogP contribution in [0, 0.1) is 11.3 Å². The highest BCUT2D eigenvalue weighted by Gasteiger charge is 2.40. The van der Waals surface area contributed by atoms with Gasteiger partial charge >= 0.3 is 0 Å². The summed E-state index contributed by atoms with van der Waals surface area (Å²) in [6.45, 7) is 2.98. The van der Waals surface area contributed by atoms with E-state index in [-0.39, 0.29) is 5.41 Å². The Labute approximate surface area is 107 Å². The van der Waals surface area contributed by atoms with Gasteiger partial charge in [0.1, 0.15) is 0 Å². The minimum atomic E-state index is 0.192. The lowest BCUT2D eigenvalue weighted by molar-refractivity contribution is 0.282. The Morgan fingerprint density at radius 2 is 2.06 bits per heavy atom. The summed E-state index contributed by atoms with van der Waals surface area (Å²) in [5.41, 5.74) is 7.26. The Bertz CT molecular complexity index is 388. The van der Waals surface area contributed by atoms with Crippen molar-refractivity contribution in [1.29, 1.82) is 0 Å². The molecule has 0 bridgehead atoms. The van der Waals surface area contributed by atoms with Crippen molar-refractivity contribution in [2.45, 2.75) is 26.2 Å². The molecule has 1 atom stereocenters. The molecule has 0 amide bonds. The van der Waals surface area contributed by atoms with E-state index in [9.17, 15) is 0 Å². The summed E-state index contributed by atoms with van der Waals surface area (Å²) in [6, 6.07) is 5.72. The van der Waals surface area contributed by atoms with Crippen LogP contribution in [-0.4, -0.2) is 6.54 Å². The van der Waals surface area contributed by atoms with Crippen LogP contribution < -0.4 is 5.73 Å². The van der Waals surface area contributed by atoms with Gasteiger partial charge in [0.25, 0.3) is 0 Å². The second-order valence-corrected chi connectivity index (χ2v) is 5.89. The number of hydrogen-bond donors (Lipinski definition) is 1. The Morgan fingerprint density at radius 1 is 1.38 bits per heavy atom. The van der Waals surface area contributed by atoms with Crippen LogP contribution >= 0.6 is 23.2 Å². The van der Waals surface area contributed by atoms with Crippen LogP contribution in [0.1, 0.15) is 25.3 Å². The zero-order valence-electron chi connectivity index (χ0n) is 9.47. The summed E-state index contributed by atoms with van der Waals surface area (Å²) in [4.78, 5) is 0. The van der Waals surface area contributed by atoms with Crippen molar-refractivity contribution in [3.8, 4) is 0 Å². The standard InChI is InChI=1S/C13H17Cl2N/c1-13(8-16,10-3-4-10)7-9-2-5-11(14)6-12(9)15/h2,5-6,10H,3-4,7-8,16H2,1H3. The number of halogens is 2. The summed E-state index contributed by atoms with van der Waals surface area (Å²) in [5, 5.41) is 1.45. The van der Waals surface area contributed by atoms with E-state index in [1.54, 1.807) is 0 Å². The Balaban J connectivity index is 2.18. The van der Waals surface area contributed by atoms with Crippen LogP contribution in [-0.2, 0) is 6.42 Å². The van der Waals surface area contributed by atoms with E-state index >= 15 is 0 Å². The van der Waals surface area contributed by atoms with Gasteiger partial charge in [0.15, 0.2) is 0 Å². The maximum absolute atomic E-state index is 6.19. The van der Waals surface area contributed by atoms with E-state index in [1.807, 2.05) is 18.2 Å². The third kappa shape index (κ3) is 2.53. The predicted octanol–water partition coefficient (Wildman–Crippen LogP) is 3.91. The maximum atomic E-state index is 6.19. The van der Waals surface area contributed by atoms with Crippen molar-refractivity contribution in [2.75, 3.05) is 6.54 Å². The van der Waals surface area contributed by atoms with Gasteiger partial charge < -0.3 is 5.73 Å². The van der Waals surface area contributed by atoms with Gasteiger partial charge in [0, 0.05) is 10.0 Å². The van der Waals surface area contributed by atoms with Crippen molar-refractivity contribution in [3.05, 3.63) is 33.8 Å². The zero-order chi connectivity index (χ0) is 11.8. The summed E-state index contributed by atoms with van der Waals surface area (Å²) < 4.78 is 0. The first kappa shape index (κ1) is 12.2. The quantitative estimate of drug-likeness (QED) is 0.870. The molecule has 1 aromatic rings. The molecular weight excluding hydrogens is 241 g/mol. The van der Waals surface area contributed by atoms with Crippen molar-refractivity contribution in [3.63, 3.8) is 0 Å². The fourth-order valence-corrected chi connectivity index (χ4v) is 2.74. The summed E-state index contributed by atoms with van der Waals surface area (Å²) in [7, 11) is 0. The molecule has 1 aliphatic carbocycles. The molecule has 1 fully saturated rings. The van der Waals surface area contributed by atoms with E-state index in [0.29, 0.717) is 5.02 Å². The molecule has 0 radical (unpaired) electrons. The van der Waals surface area contributed by atoms with E-state index < -0.39 is 0 Å². The lowest BCUT2D eigenvalue weighted by Gasteiger charge is -2.28. The highest BCUT2D eigenvalue weighted by atomic mass is 35.5. The lowest BCUT2D eigenvalue weighted by Crippen LogP contribution is -2.31. The molecule has 88 valence electrons. The van der Waals surface area contributed by atoms with Gasteiger partial charge in [-0.15, -0.1) is 0 Å². The zero-order valence-corrected chi connectivity index (χ0v) is 11.0. The van der Waals surface area contributed by atoms with Crippen molar-refractivity contribution in [1.82, 2.24) is 0 Å². The Kier molecular flexibility index (Phi) is 3.48. The largest absolute Gasteiger partial charge is 0.330 e. The molecule has 1 saturated carbocycles. The number of rotatable bonds is 4. The second kappa shape index (κ2) is 4.56. The molecule has 1 nitrogen and oxygen atoms in total. The van der Waals surface area contributed by atoms with Crippen LogP contribution in [0.2, 0.25) is 10.0 Å². The van der Waals surface area contributed by atoms with Crippen LogP contribution in [0.25, 0.3) is 0 Å². The van der Waals surface area contributed by atoms with Gasteiger partial charge in [-0.3, -0.25) is 0 Å². The van der Waals surface area contributed by atoms with E-state index in [0.717, 1.165) is 29.5 Å². The van der Waals surface area contributed by atoms with Crippen molar-refractivity contribution in [2.24, 2.45) is 17.1 Å². The third-order valence-corrected chi connectivity index (χ3v) is 4.23. The number of benzene rings is 1. The lowest BCUT2D eigenvalue weighted by atomic mass is 9.79. The first-order valence-electron chi connectivity index (χ1n) is 5.69. The van der Waals surface area contributed by atoms with Gasteiger partial charge in [-0.25, -0.2) is 0 Å². The highest BCUT2D eigenvalue weighted by molar-refractivity contribution is 6.35. The molecule has 0 spiro atoms. The molecule has 0 saturated heterocycles. The van der Waals surface area contributed by atoms with Crippen LogP contribution in [0.5, 0.6) is 0 Å². The summed E-state index contributed by atoms with van der Waals surface area (Å²) in [6.07, 6.45) is 3.56. The Morgan fingerprint density at radius 3 is 2.56 bits per heavy atom. The van der Waals surface area contributed by atoms with E-state index in [4.69, 9.17) is 28.9 Å². The van der Waals surface area contributed by atoms with Crippen LogP contribution in [0.3, 0.4) is 0 Å². The van der Waals surface area contributed by atoms with E-state index in [2.05, 4.69) is 6.92 Å². The SMILES string of the molecule is CC(CN)(Cc1ccc(Cl)cc1Cl)C1CC1. The molecule has 16 heavy (non-hydrogen) atoms. The monoisotopic (exact) mass is 257 g/mol. The molecular formula is C13H17Cl2N. The predicted molar refractivity (Wildman–Crippen MR) is 70.1 cm³/mol. The molecule has 2 N–H and O–H groups in total. The molecule has 3 heteroatoms. The summed E-state index contributed by atoms with van der Waals surface area (Å²) in [5.74, 6) is 0.768. The molecule has 0 heterocycles. The minimum Gasteiger partial charge on any atom is -0.330 e. The van der Waals surface area contributed by atoms with Gasteiger partial charge in [-0.2, -0.15) is 0 Å². The van der Waals surface area contributed by atoms with Crippen LogP contribution in [0.4, 0.5) is 0 Å². The third-order valence-electron chi connectivity index (χ3n) is 3.64. The Hall–Kier alpha value is -0.240. The molecule has 1 aliphatic rings. The van der Waals surface area contributed by atoms with Gasteiger partial charge in [0.05, 0.1) is 0 Å². The maximum Gasteiger partial charge on any atom is 0.0453 e. The molecule has 0 aromatic heterocycles. The minimum absolute atomic E-state index is 0.192. The van der Waals surface area contributed by atoms with Crippen LogP contribution in [0.15, 0.2) is 18.2 Å². The normalized spacial score (nSPS) is 19.5. The highest BCUT2D eigenvalue weighted by Crippen LogP contribution is 2.47. The molecule has 0 aliphatic heterocycles. The average molecular weight is 258 g/mol. The van der Waals surface area contributed by atoms with Gasteiger partial charge in [-0.1, -0.05) is 36.2 Å². The van der Waals surface area contributed by atoms with Gasteiger partial charge in [0.2, 0.25) is 0 Å². The molecule has 2 rings (SSSR count). The number of hydrogen-bond acceptors (Lipinski definition) is 1. The molecule has 1 unspecified atom stereocenters. The molecule has 1 aromatic carbocycles. The fourth-order valence-electron chi connectivity index (χ4n) is 2.26. The second-order valence-electron chi connectivity index (χ2n) is 5.04. The van der Waals surface area contributed by atoms with Crippen molar-refractivity contribution < 1.29 is 0 Å². The van der Waals surface area contributed by atoms with Gasteiger partial charge in [-0.05, 0) is 54.8 Å². The fraction of sp³-hybridized carbons (Fsp3) is 0.538. The van der Waals surface area contributed by atoms with Crippen molar-refractivity contribution >= 4 is 23.2 Å². The average Bonchev–Trinajstić information content (AvgIpc) is 3.06. The van der Waals surface area contributed by atoms with E-state index in [1.165, 1.54) is 12.8 Å².